The van der Waals surface area contributed by atoms with E-state index in [2.05, 4.69) is 5.32 Å². The molecule has 0 aromatic heterocycles. The van der Waals surface area contributed by atoms with Crippen LogP contribution in [0, 0.1) is 0 Å². The Bertz CT molecular complexity index is 899. The van der Waals surface area contributed by atoms with Crippen molar-refractivity contribution in [3.63, 3.8) is 0 Å². The van der Waals surface area contributed by atoms with Gasteiger partial charge < -0.3 is 15.0 Å². The van der Waals surface area contributed by atoms with Gasteiger partial charge in [-0.25, -0.2) is 4.79 Å². The molecule has 0 fully saturated rings. The molecule has 29 heavy (non-hydrogen) atoms. The van der Waals surface area contributed by atoms with Gasteiger partial charge in [-0.1, -0.05) is 60.7 Å². The maximum absolute atomic E-state index is 12.5. The second kappa shape index (κ2) is 9.55. The number of carbonyl (C=O) groups is 2. The third-order valence-corrected chi connectivity index (χ3v) is 4.52. The molecule has 0 radical (unpaired) electrons. The van der Waals surface area contributed by atoms with Gasteiger partial charge >= 0.3 is 5.97 Å². The standard InChI is InChI=1S/C24H24N2O3/c1-26(2)21-15-13-20(14-16-21)24(28)29-17-22(27)25-23(18-9-5-3-6-10-18)19-11-7-4-8-12-19/h3-16,23H,17H2,1-2H3,(H,25,27). The minimum atomic E-state index is -0.526. The van der Waals surface area contributed by atoms with Crippen molar-refractivity contribution in [3.05, 3.63) is 102 Å². The molecule has 5 heteroatoms. The summed E-state index contributed by atoms with van der Waals surface area (Å²) in [4.78, 5) is 26.7. The van der Waals surface area contributed by atoms with Crippen molar-refractivity contribution >= 4 is 17.6 Å². The van der Waals surface area contributed by atoms with Gasteiger partial charge in [-0.2, -0.15) is 0 Å². The molecule has 1 N–H and O–H groups in total. The number of anilines is 1. The van der Waals surface area contributed by atoms with Crippen LogP contribution in [0.4, 0.5) is 5.69 Å². The third-order valence-electron chi connectivity index (χ3n) is 4.52. The quantitative estimate of drug-likeness (QED) is 0.625. The fourth-order valence-electron chi connectivity index (χ4n) is 2.96. The average molecular weight is 388 g/mol. The van der Waals surface area contributed by atoms with Crippen molar-refractivity contribution in [1.29, 1.82) is 0 Å². The minimum absolute atomic E-state index is 0.317. The van der Waals surface area contributed by atoms with Gasteiger partial charge in [0.05, 0.1) is 11.6 Å². The molecule has 0 spiro atoms. The number of benzene rings is 3. The second-order valence-corrected chi connectivity index (χ2v) is 6.84. The van der Waals surface area contributed by atoms with Crippen molar-refractivity contribution in [3.8, 4) is 0 Å². The highest BCUT2D eigenvalue weighted by atomic mass is 16.5. The summed E-state index contributed by atoms with van der Waals surface area (Å²) in [6.07, 6.45) is 0. The zero-order valence-electron chi connectivity index (χ0n) is 16.5. The summed E-state index contributed by atoms with van der Waals surface area (Å²) in [5, 5.41) is 2.96. The maximum Gasteiger partial charge on any atom is 0.338 e. The van der Waals surface area contributed by atoms with Crippen molar-refractivity contribution in [2.24, 2.45) is 0 Å². The van der Waals surface area contributed by atoms with Gasteiger partial charge in [-0.15, -0.1) is 0 Å². The van der Waals surface area contributed by atoms with Gasteiger partial charge in [0.15, 0.2) is 6.61 Å². The van der Waals surface area contributed by atoms with E-state index in [0.29, 0.717) is 5.56 Å². The van der Waals surface area contributed by atoms with Crippen LogP contribution in [0.2, 0.25) is 0 Å². The highest BCUT2D eigenvalue weighted by molar-refractivity contribution is 5.91. The Labute approximate surface area is 170 Å². The van der Waals surface area contributed by atoms with Gasteiger partial charge in [-0.05, 0) is 35.4 Å². The molecular weight excluding hydrogens is 364 g/mol. The zero-order valence-corrected chi connectivity index (χ0v) is 16.5. The van der Waals surface area contributed by atoms with E-state index in [-0.39, 0.29) is 18.6 Å². The van der Waals surface area contributed by atoms with Crippen LogP contribution in [0.1, 0.15) is 27.5 Å². The summed E-state index contributed by atoms with van der Waals surface area (Å²) in [6.45, 7) is -0.343. The van der Waals surface area contributed by atoms with E-state index in [1.807, 2.05) is 91.8 Å². The molecule has 0 heterocycles. The average Bonchev–Trinajstić information content (AvgIpc) is 2.77. The Balaban J connectivity index is 1.64. The summed E-state index contributed by atoms with van der Waals surface area (Å²) in [7, 11) is 3.85. The largest absolute Gasteiger partial charge is 0.452 e. The summed E-state index contributed by atoms with van der Waals surface area (Å²) < 4.78 is 5.20. The van der Waals surface area contributed by atoms with E-state index in [0.717, 1.165) is 16.8 Å². The highest BCUT2D eigenvalue weighted by Gasteiger charge is 2.18. The first-order chi connectivity index (χ1) is 14.0. The zero-order chi connectivity index (χ0) is 20.6. The lowest BCUT2D eigenvalue weighted by Crippen LogP contribution is -2.33. The van der Waals surface area contributed by atoms with Gasteiger partial charge in [-0.3, -0.25) is 4.79 Å². The number of carbonyl (C=O) groups excluding carboxylic acids is 2. The Hall–Kier alpha value is -3.60. The Morgan fingerprint density at radius 3 is 1.83 bits per heavy atom. The SMILES string of the molecule is CN(C)c1ccc(C(=O)OCC(=O)NC(c2ccccc2)c2ccccc2)cc1. The van der Waals surface area contributed by atoms with E-state index in [4.69, 9.17) is 4.74 Å². The number of hydrogen-bond donors (Lipinski definition) is 1. The van der Waals surface area contributed by atoms with Crippen LogP contribution in [0.25, 0.3) is 0 Å². The summed E-state index contributed by atoms with van der Waals surface area (Å²) in [5.74, 6) is -0.887. The molecule has 148 valence electrons. The maximum atomic E-state index is 12.5. The van der Waals surface area contributed by atoms with E-state index >= 15 is 0 Å². The minimum Gasteiger partial charge on any atom is -0.452 e. The molecule has 1 amide bonds. The number of hydrogen-bond acceptors (Lipinski definition) is 4. The molecule has 0 saturated heterocycles. The van der Waals surface area contributed by atoms with E-state index < -0.39 is 5.97 Å². The van der Waals surface area contributed by atoms with Crippen molar-refractivity contribution < 1.29 is 14.3 Å². The summed E-state index contributed by atoms with van der Waals surface area (Å²) in [5.41, 5.74) is 3.30. The highest BCUT2D eigenvalue weighted by Crippen LogP contribution is 2.21. The molecule has 5 nitrogen and oxygen atoms in total. The van der Waals surface area contributed by atoms with Gasteiger partial charge in [0, 0.05) is 19.8 Å². The number of nitrogens with one attached hydrogen (secondary N) is 1. The van der Waals surface area contributed by atoms with Crippen LogP contribution < -0.4 is 10.2 Å². The number of nitrogens with zero attached hydrogens (tertiary/aromatic N) is 1. The molecule has 0 aliphatic rings. The molecule has 0 atom stereocenters. The van der Waals surface area contributed by atoms with Crippen LogP contribution in [-0.2, 0) is 9.53 Å². The lowest BCUT2D eigenvalue weighted by Gasteiger charge is -2.20. The normalized spacial score (nSPS) is 10.4. The van der Waals surface area contributed by atoms with Crippen molar-refractivity contribution in [2.45, 2.75) is 6.04 Å². The topological polar surface area (TPSA) is 58.6 Å². The Kier molecular flexibility index (Phi) is 6.63. The fourth-order valence-corrected chi connectivity index (χ4v) is 2.96. The number of ether oxygens (including phenoxy) is 1. The second-order valence-electron chi connectivity index (χ2n) is 6.84. The van der Waals surface area contributed by atoms with Crippen LogP contribution in [0.3, 0.4) is 0 Å². The fraction of sp³-hybridized carbons (Fsp3) is 0.167. The first kappa shape index (κ1) is 20.1. The molecule has 0 unspecified atom stereocenters. The number of esters is 1. The van der Waals surface area contributed by atoms with Gasteiger partial charge in [0.25, 0.3) is 5.91 Å². The summed E-state index contributed by atoms with van der Waals surface area (Å²) in [6, 6.07) is 26.1. The summed E-state index contributed by atoms with van der Waals surface area (Å²) >= 11 is 0. The first-order valence-corrected chi connectivity index (χ1v) is 9.38. The molecule has 0 aliphatic heterocycles. The van der Waals surface area contributed by atoms with Crippen LogP contribution >= 0.6 is 0 Å². The predicted octanol–water partition coefficient (Wildman–Crippen LogP) is 3.82. The van der Waals surface area contributed by atoms with Crippen molar-refractivity contribution in [2.75, 3.05) is 25.6 Å². The Morgan fingerprint density at radius 2 is 1.34 bits per heavy atom. The lowest BCUT2D eigenvalue weighted by molar-refractivity contribution is -0.124. The van der Waals surface area contributed by atoms with Crippen LogP contribution in [0.15, 0.2) is 84.9 Å². The van der Waals surface area contributed by atoms with Gasteiger partial charge in [0.1, 0.15) is 0 Å². The molecule has 3 rings (SSSR count). The van der Waals surface area contributed by atoms with E-state index in [1.165, 1.54) is 0 Å². The molecule has 0 aliphatic carbocycles. The number of rotatable bonds is 7. The van der Waals surface area contributed by atoms with Gasteiger partial charge in [0.2, 0.25) is 0 Å². The molecule has 3 aromatic carbocycles. The van der Waals surface area contributed by atoms with Crippen LogP contribution in [-0.4, -0.2) is 32.6 Å². The molecule has 3 aromatic rings. The van der Waals surface area contributed by atoms with E-state index in [1.54, 1.807) is 12.1 Å². The van der Waals surface area contributed by atoms with Crippen molar-refractivity contribution in [1.82, 2.24) is 5.32 Å². The molecule has 0 bridgehead atoms. The lowest BCUT2D eigenvalue weighted by atomic mass is 9.99. The smallest absolute Gasteiger partial charge is 0.338 e. The molecule has 0 saturated carbocycles. The Morgan fingerprint density at radius 1 is 0.828 bits per heavy atom. The number of amides is 1. The molecular formula is C24H24N2O3. The third kappa shape index (κ3) is 5.45. The first-order valence-electron chi connectivity index (χ1n) is 9.38. The monoisotopic (exact) mass is 388 g/mol. The van der Waals surface area contributed by atoms with E-state index in [9.17, 15) is 9.59 Å². The van der Waals surface area contributed by atoms with Crippen LogP contribution in [0.5, 0.6) is 0 Å². The predicted molar refractivity (Wildman–Crippen MR) is 114 cm³/mol.